The van der Waals surface area contributed by atoms with E-state index in [2.05, 4.69) is 162 Å². The molecule has 0 saturated heterocycles. The Kier molecular flexibility index (Phi) is 6.47. The zero-order valence-electron chi connectivity index (χ0n) is 29.4. The second-order valence-corrected chi connectivity index (χ2v) is 15.2. The molecule has 12 rings (SSSR count). The van der Waals surface area contributed by atoms with Crippen molar-refractivity contribution < 1.29 is 4.42 Å². The standard InChI is InChI=1S/C50H29N3OS/c1-3-13-30(14-4-1)33-25-34(31-15-5-2-6-16-31)27-35(26-33)46-48-47(39-19-8-11-21-44(39)54-48)52-50(51-46)53-42-20-10-7-17-36(42)41-28-32-23-24-38-37-18-9-12-22-45(37)55-49(38)40(32)29-43(41)53/h1-29H. The largest absolute Gasteiger partial charge is 0.452 e. The second kappa shape index (κ2) is 11.7. The van der Waals surface area contributed by atoms with Crippen LogP contribution in [0, 0.1) is 0 Å². The van der Waals surface area contributed by atoms with Gasteiger partial charge in [0.25, 0.3) is 0 Å². The minimum Gasteiger partial charge on any atom is -0.452 e. The van der Waals surface area contributed by atoms with Crippen molar-refractivity contribution in [2.75, 3.05) is 0 Å². The lowest BCUT2D eigenvalue weighted by Crippen LogP contribution is -2.03. The Morgan fingerprint density at radius 3 is 1.87 bits per heavy atom. The van der Waals surface area contributed by atoms with Crippen molar-refractivity contribution in [2.24, 2.45) is 0 Å². The van der Waals surface area contributed by atoms with E-state index in [4.69, 9.17) is 14.4 Å². The molecule has 0 atom stereocenters. The second-order valence-electron chi connectivity index (χ2n) is 14.2. The molecular formula is C50H29N3OS. The summed E-state index contributed by atoms with van der Waals surface area (Å²) in [6, 6.07) is 62.5. The van der Waals surface area contributed by atoms with Crippen molar-refractivity contribution in [1.82, 2.24) is 14.5 Å². The fraction of sp³-hybridized carbons (Fsp3) is 0. The molecule has 55 heavy (non-hydrogen) atoms. The Hall–Kier alpha value is -7.08. The van der Waals surface area contributed by atoms with E-state index < -0.39 is 0 Å². The smallest absolute Gasteiger partial charge is 0.236 e. The van der Waals surface area contributed by atoms with Gasteiger partial charge in [0.15, 0.2) is 5.58 Å². The van der Waals surface area contributed by atoms with E-state index in [-0.39, 0.29) is 0 Å². The number of aromatic nitrogens is 3. The van der Waals surface area contributed by atoms with Gasteiger partial charge in [-0.15, -0.1) is 11.3 Å². The van der Waals surface area contributed by atoms with Crippen LogP contribution in [0.5, 0.6) is 0 Å². The van der Waals surface area contributed by atoms with Crippen LogP contribution in [0.2, 0.25) is 0 Å². The van der Waals surface area contributed by atoms with Crippen molar-refractivity contribution in [1.29, 1.82) is 0 Å². The van der Waals surface area contributed by atoms with Gasteiger partial charge in [-0.2, -0.15) is 0 Å². The number of fused-ring (bicyclic) bond motifs is 11. The molecule has 0 fully saturated rings. The third-order valence-corrected chi connectivity index (χ3v) is 12.2. The number of thiophene rings is 1. The van der Waals surface area contributed by atoms with Crippen LogP contribution in [0.15, 0.2) is 180 Å². The van der Waals surface area contributed by atoms with Crippen molar-refractivity contribution in [3.63, 3.8) is 0 Å². The Labute approximate surface area is 319 Å². The minimum atomic E-state index is 0.606. The van der Waals surface area contributed by atoms with Crippen molar-refractivity contribution in [2.45, 2.75) is 0 Å². The fourth-order valence-corrected chi connectivity index (χ4v) is 9.65. The summed E-state index contributed by atoms with van der Waals surface area (Å²) < 4.78 is 11.5. The van der Waals surface area contributed by atoms with Crippen LogP contribution in [-0.4, -0.2) is 14.5 Å². The van der Waals surface area contributed by atoms with E-state index in [1.54, 1.807) is 0 Å². The van der Waals surface area contributed by atoms with Gasteiger partial charge in [-0.05, 0) is 82.2 Å². The Bertz CT molecular complexity index is 3430. The molecule has 0 aliphatic rings. The molecule has 4 nitrogen and oxygen atoms in total. The van der Waals surface area contributed by atoms with Crippen LogP contribution >= 0.6 is 11.3 Å². The van der Waals surface area contributed by atoms with E-state index >= 15 is 0 Å². The summed E-state index contributed by atoms with van der Waals surface area (Å²) in [4.78, 5) is 10.9. The summed E-state index contributed by atoms with van der Waals surface area (Å²) in [7, 11) is 0. The van der Waals surface area contributed by atoms with Crippen LogP contribution in [0.4, 0.5) is 0 Å². The SMILES string of the molecule is c1ccc(-c2cc(-c3ccccc3)cc(-c3nc(-n4c5ccccc5c5cc6ccc7c8ccccc8sc7c6cc54)nc4c3oc3ccccc34)c2)cc1. The molecule has 0 unspecified atom stereocenters. The first kappa shape index (κ1) is 30.4. The zero-order chi connectivity index (χ0) is 36.0. The molecule has 4 aromatic heterocycles. The monoisotopic (exact) mass is 719 g/mol. The highest BCUT2D eigenvalue weighted by molar-refractivity contribution is 7.26. The van der Waals surface area contributed by atoms with Gasteiger partial charge in [0.05, 0.1) is 11.0 Å². The van der Waals surface area contributed by atoms with Gasteiger partial charge in [-0.25, -0.2) is 9.97 Å². The van der Waals surface area contributed by atoms with E-state index in [0.29, 0.717) is 11.5 Å². The molecule has 0 amide bonds. The van der Waals surface area contributed by atoms with Gasteiger partial charge < -0.3 is 4.42 Å². The lowest BCUT2D eigenvalue weighted by atomic mass is 9.95. The third kappa shape index (κ3) is 4.64. The first-order valence-electron chi connectivity index (χ1n) is 18.5. The van der Waals surface area contributed by atoms with Crippen LogP contribution in [0.1, 0.15) is 0 Å². The Morgan fingerprint density at radius 1 is 0.436 bits per heavy atom. The molecule has 12 aromatic rings. The predicted octanol–water partition coefficient (Wildman–Crippen LogP) is 14.0. The van der Waals surface area contributed by atoms with Crippen LogP contribution in [-0.2, 0) is 0 Å². The molecule has 0 radical (unpaired) electrons. The number of rotatable bonds is 4. The lowest BCUT2D eigenvalue weighted by Gasteiger charge is -2.13. The topological polar surface area (TPSA) is 43.9 Å². The third-order valence-electron chi connectivity index (χ3n) is 11.0. The highest BCUT2D eigenvalue weighted by Gasteiger charge is 2.23. The summed E-state index contributed by atoms with van der Waals surface area (Å²) in [5.41, 5.74) is 10.6. The summed E-state index contributed by atoms with van der Waals surface area (Å²) in [6.45, 7) is 0. The van der Waals surface area contributed by atoms with E-state index in [1.807, 2.05) is 29.5 Å². The van der Waals surface area contributed by atoms with E-state index in [0.717, 1.165) is 66.4 Å². The Balaban J connectivity index is 1.19. The summed E-state index contributed by atoms with van der Waals surface area (Å²) >= 11 is 1.86. The van der Waals surface area contributed by atoms with Crippen LogP contribution < -0.4 is 0 Å². The van der Waals surface area contributed by atoms with Crippen LogP contribution in [0.3, 0.4) is 0 Å². The lowest BCUT2D eigenvalue weighted by molar-refractivity contribution is 0.666. The summed E-state index contributed by atoms with van der Waals surface area (Å²) in [6.07, 6.45) is 0. The number of furan rings is 1. The highest BCUT2D eigenvalue weighted by atomic mass is 32.1. The minimum absolute atomic E-state index is 0.606. The number of hydrogen-bond acceptors (Lipinski definition) is 4. The normalized spacial score (nSPS) is 12.0. The molecule has 8 aromatic carbocycles. The average Bonchev–Trinajstić information content (AvgIpc) is 3.93. The molecule has 0 aliphatic heterocycles. The zero-order valence-corrected chi connectivity index (χ0v) is 30.2. The van der Waals surface area contributed by atoms with E-state index in [1.165, 1.54) is 36.3 Å². The van der Waals surface area contributed by atoms with E-state index in [9.17, 15) is 0 Å². The number of para-hydroxylation sites is 2. The molecular weight excluding hydrogens is 691 g/mol. The quantitative estimate of drug-likeness (QED) is 0.182. The Morgan fingerprint density at radius 2 is 1.09 bits per heavy atom. The van der Waals surface area contributed by atoms with Crippen molar-refractivity contribution in [3.05, 3.63) is 176 Å². The van der Waals surface area contributed by atoms with Gasteiger partial charge in [-0.1, -0.05) is 121 Å². The first-order chi connectivity index (χ1) is 27.2. The fourth-order valence-electron chi connectivity index (χ4n) is 8.42. The number of hydrogen-bond donors (Lipinski definition) is 0. The van der Waals surface area contributed by atoms with Gasteiger partial charge in [0.1, 0.15) is 16.8 Å². The van der Waals surface area contributed by atoms with Gasteiger partial charge in [0, 0.05) is 47.3 Å². The van der Waals surface area contributed by atoms with Crippen LogP contribution in [0.25, 0.3) is 114 Å². The molecule has 256 valence electrons. The maximum atomic E-state index is 6.68. The maximum Gasteiger partial charge on any atom is 0.236 e. The first-order valence-corrected chi connectivity index (χ1v) is 19.3. The molecule has 0 bridgehead atoms. The average molecular weight is 720 g/mol. The summed E-state index contributed by atoms with van der Waals surface area (Å²) in [5, 5.41) is 8.32. The highest BCUT2D eigenvalue weighted by Crippen LogP contribution is 2.43. The molecule has 0 aliphatic carbocycles. The molecule has 4 heterocycles. The number of nitrogens with zero attached hydrogens (tertiary/aromatic N) is 3. The maximum absolute atomic E-state index is 6.68. The van der Waals surface area contributed by atoms with Gasteiger partial charge in [-0.3, -0.25) is 4.57 Å². The molecule has 0 N–H and O–H groups in total. The van der Waals surface area contributed by atoms with Gasteiger partial charge in [0.2, 0.25) is 5.95 Å². The predicted molar refractivity (Wildman–Crippen MR) is 230 cm³/mol. The molecule has 0 saturated carbocycles. The molecule has 0 spiro atoms. The molecule has 5 heteroatoms. The number of benzene rings is 8. The van der Waals surface area contributed by atoms with Crippen molar-refractivity contribution >= 4 is 86.2 Å². The summed E-state index contributed by atoms with van der Waals surface area (Å²) in [5.74, 6) is 0.606. The van der Waals surface area contributed by atoms with Gasteiger partial charge >= 0.3 is 0 Å². The van der Waals surface area contributed by atoms with Crippen molar-refractivity contribution in [3.8, 4) is 39.5 Å².